The molecule has 2 heterocycles. The average Bonchev–Trinajstić information content (AvgIpc) is 2.68. The second kappa shape index (κ2) is 8.42. The molecule has 5 N–H and O–H groups in total. The van der Waals surface area contributed by atoms with E-state index in [1.165, 1.54) is 36.7 Å². The highest BCUT2D eigenvalue weighted by Crippen LogP contribution is 2.19. The molecule has 0 aliphatic heterocycles. The lowest BCUT2D eigenvalue weighted by molar-refractivity contribution is 0.249. The molecule has 9 heteroatoms. The lowest BCUT2D eigenvalue weighted by atomic mass is 10.0. The summed E-state index contributed by atoms with van der Waals surface area (Å²) < 4.78 is 26.3. The molecule has 0 saturated carbocycles. The standard InChI is InChI=1S/C20H18F2N6O/c1-11(12-2-4-14(21)5-3-12)27-20(29)28-18-9-16(23)15(10-26-18)19(24)13-6-7-25-17(22)8-13/h2-11,24H,1H3,(H4,23,26,27,28,29)/t11-/m1/s1. The van der Waals surface area contributed by atoms with Gasteiger partial charge in [-0.2, -0.15) is 4.39 Å². The fourth-order valence-electron chi connectivity index (χ4n) is 2.65. The van der Waals surface area contributed by atoms with Gasteiger partial charge in [0.2, 0.25) is 5.95 Å². The molecule has 2 aromatic heterocycles. The Balaban J connectivity index is 1.67. The Kier molecular flexibility index (Phi) is 5.77. The molecular weight excluding hydrogens is 378 g/mol. The molecule has 1 aromatic carbocycles. The summed E-state index contributed by atoms with van der Waals surface area (Å²) >= 11 is 0. The molecule has 3 rings (SSSR count). The summed E-state index contributed by atoms with van der Waals surface area (Å²) in [6, 6.07) is 8.93. The predicted octanol–water partition coefficient (Wildman–Crippen LogP) is 3.64. The van der Waals surface area contributed by atoms with Crippen molar-refractivity contribution in [3.63, 3.8) is 0 Å². The first-order chi connectivity index (χ1) is 13.8. The molecule has 0 bridgehead atoms. The van der Waals surface area contributed by atoms with Crippen molar-refractivity contribution in [3.05, 3.63) is 83.3 Å². The number of pyridine rings is 2. The second-order valence-corrected chi connectivity index (χ2v) is 6.27. The molecule has 7 nitrogen and oxygen atoms in total. The Morgan fingerprint density at radius 3 is 2.52 bits per heavy atom. The minimum absolute atomic E-state index is 0.0165. The van der Waals surface area contributed by atoms with E-state index in [0.29, 0.717) is 11.1 Å². The van der Waals surface area contributed by atoms with Gasteiger partial charge in [-0.15, -0.1) is 0 Å². The number of urea groups is 1. The Morgan fingerprint density at radius 2 is 1.86 bits per heavy atom. The van der Waals surface area contributed by atoms with Gasteiger partial charge >= 0.3 is 6.03 Å². The fraction of sp³-hybridized carbons (Fsp3) is 0.100. The maximum atomic E-state index is 13.3. The van der Waals surface area contributed by atoms with Crippen molar-refractivity contribution in [3.8, 4) is 0 Å². The van der Waals surface area contributed by atoms with Crippen molar-refractivity contribution in [2.45, 2.75) is 13.0 Å². The van der Waals surface area contributed by atoms with E-state index in [9.17, 15) is 13.6 Å². The topological polar surface area (TPSA) is 117 Å². The number of nitrogens with two attached hydrogens (primary N) is 1. The summed E-state index contributed by atoms with van der Waals surface area (Å²) in [6.07, 6.45) is 2.58. The maximum Gasteiger partial charge on any atom is 0.320 e. The number of rotatable bonds is 5. The highest BCUT2D eigenvalue weighted by atomic mass is 19.1. The van der Waals surface area contributed by atoms with Crippen molar-refractivity contribution >= 4 is 23.2 Å². The van der Waals surface area contributed by atoms with Gasteiger partial charge in [-0.05, 0) is 30.7 Å². The summed E-state index contributed by atoms with van der Waals surface area (Å²) in [6.45, 7) is 1.76. The molecule has 0 fully saturated rings. The Hall–Kier alpha value is -3.88. The number of nitrogen functional groups attached to an aromatic ring is 1. The summed E-state index contributed by atoms with van der Waals surface area (Å²) in [5.74, 6) is -0.877. The monoisotopic (exact) mass is 396 g/mol. The van der Waals surface area contributed by atoms with Crippen LogP contribution in [0, 0.1) is 17.2 Å². The molecule has 2 amide bonds. The third-order valence-corrected chi connectivity index (χ3v) is 4.18. The number of nitrogens with one attached hydrogen (secondary N) is 3. The number of aromatic nitrogens is 2. The summed E-state index contributed by atoms with van der Waals surface area (Å²) in [5, 5.41) is 13.4. The zero-order chi connectivity index (χ0) is 21.0. The van der Waals surface area contributed by atoms with Crippen LogP contribution < -0.4 is 16.4 Å². The average molecular weight is 396 g/mol. The molecule has 1 atom stereocenters. The quantitative estimate of drug-likeness (QED) is 0.389. The zero-order valence-electron chi connectivity index (χ0n) is 15.4. The van der Waals surface area contributed by atoms with Crippen LogP contribution in [0.2, 0.25) is 0 Å². The number of carbonyl (C=O) groups is 1. The van der Waals surface area contributed by atoms with Crippen molar-refractivity contribution < 1.29 is 13.6 Å². The second-order valence-electron chi connectivity index (χ2n) is 6.27. The van der Waals surface area contributed by atoms with Crippen LogP contribution in [0.5, 0.6) is 0 Å². The van der Waals surface area contributed by atoms with Crippen LogP contribution >= 0.6 is 0 Å². The Labute approximate surface area is 165 Å². The minimum atomic E-state index is -0.705. The third kappa shape index (κ3) is 4.89. The Bertz CT molecular complexity index is 1060. The van der Waals surface area contributed by atoms with Crippen LogP contribution in [0.25, 0.3) is 0 Å². The van der Waals surface area contributed by atoms with E-state index in [1.807, 2.05) is 0 Å². The summed E-state index contributed by atoms with van der Waals surface area (Å²) in [4.78, 5) is 19.7. The Morgan fingerprint density at radius 1 is 1.14 bits per heavy atom. The number of halogens is 2. The van der Waals surface area contributed by atoms with Gasteiger partial charge in [-0.25, -0.2) is 19.2 Å². The van der Waals surface area contributed by atoms with Gasteiger partial charge in [0, 0.05) is 41.3 Å². The van der Waals surface area contributed by atoms with Crippen molar-refractivity contribution in [2.75, 3.05) is 11.1 Å². The number of hydrogen-bond donors (Lipinski definition) is 4. The smallest absolute Gasteiger partial charge is 0.320 e. The van der Waals surface area contributed by atoms with Crippen LogP contribution in [0.4, 0.5) is 25.1 Å². The zero-order valence-corrected chi connectivity index (χ0v) is 15.4. The van der Waals surface area contributed by atoms with Gasteiger partial charge in [0.1, 0.15) is 11.6 Å². The van der Waals surface area contributed by atoms with Gasteiger partial charge in [-0.1, -0.05) is 12.1 Å². The molecule has 3 aromatic rings. The van der Waals surface area contributed by atoms with E-state index >= 15 is 0 Å². The van der Waals surface area contributed by atoms with Crippen LogP contribution in [-0.4, -0.2) is 21.7 Å². The van der Waals surface area contributed by atoms with Crippen LogP contribution in [0.1, 0.15) is 29.7 Å². The first-order valence-corrected chi connectivity index (χ1v) is 8.63. The van der Waals surface area contributed by atoms with Crippen molar-refractivity contribution in [1.29, 1.82) is 5.41 Å². The molecular formula is C20H18F2N6O. The van der Waals surface area contributed by atoms with Gasteiger partial charge in [0.25, 0.3) is 0 Å². The molecule has 148 valence electrons. The van der Waals surface area contributed by atoms with Crippen LogP contribution in [-0.2, 0) is 0 Å². The molecule has 0 spiro atoms. The SMILES string of the molecule is C[C@@H](NC(=O)Nc1cc(N)c(C(=N)c2ccnc(F)c2)cn1)c1ccc(F)cc1. The largest absolute Gasteiger partial charge is 0.398 e. The number of hydrogen-bond acceptors (Lipinski definition) is 5. The van der Waals surface area contributed by atoms with Crippen molar-refractivity contribution in [2.24, 2.45) is 0 Å². The van der Waals surface area contributed by atoms with Crippen LogP contribution in [0.15, 0.2) is 54.9 Å². The molecule has 0 unspecified atom stereocenters. The molecule has 0 radical (unpaired) electrons. The summed E-state index contributed by atoms with van der Waals surface area (Å²) in [7, 11) is 0. The predicted molar refractivity (Wildman–Crippen MR) is 106 cm³/mol. The molecule has 0 aliphatic rings. The minimum Gasteiger partial charge on any atom is -0.398 e. The normalized spacial score (nSPS) is 11.6. The van der Waals surface area contributed by atoms with Crippen molar-refractivity contribution in [1.82, 2.24) is 15.3 Å². The number of nitrogens with zero attached hydrogens (tertiary/aromatic N) is 2. The van der Waals surface area contributed by atoms with E-state index < -0.39 is 12.0 Å². The maximum absolute atomic E-state index is 13.3. The molecule has 0 aliphatic carbocycles. The van der Waals surface area contributed by atoms with E-state index in [-0.39, 0.29) is 29.1 Å². The van der Waals surface area contributed by atoms with Crippen LogP contribution in [0.3, 0.4) is 0 Å². The molecule has 29 heavy (non-hydrogen) atoms. The highest BCUT2D eigenvalue weighted by molar-refractivity contribution is 6.13. The van der Waals surface area contributed by atoms with E-state index in [0.717, 1.165) is 11.6 Å². The first-order valence-electron chi connectivity index (χ1n) is 8.63. The number of amides is 2. The lowest BCUT2D eigenvalue weighted by Gasteiger charge is -2.15. The number of carbonyl (C=O) groups excluding carboxylic acids is 1. The summed E-state index contributed by atoms with van der Waals surface area (Å²) in [5.41, 5.74) is 7.50. The lowest BCUT2D eigenvalue weighted by Crippen LogP contribution is -2.31. The van der Waals surface area contributed by atoms with Gasteiger partial charge in [-0.3, -0.25) is 10.7 Å². The van der Waals surface area contributed by atoms with E-state index in [4.69, 9.17) is 11.1 Å². The fourth-order valence-corrected chi connectivity index (χ4v) is 2.65. The first kappa shape index (κ1) is 19.9. The van der Waals surface area contributed by atoms with Gasteiger partial charge in [0.15, 0.2) is 0 Å². The third-order valence-electron chi connectivity index (χ3n) is 4.18. The van der Waals surface area contributed by atoms with Gasteiger partial charge < -0.3 is 11.1 Å². The van der Waals surface area contributed by atoms with Gasteiger partial charge in [0.05, 0.1) is 11.8 Å². The molecule has 0 saturated heterocycles. The van der Waals surface area contributed by atoms with E-state index in [1.54, 1.807) is 19.1 Å². The van der Waals surface area contributed by atoms with E-state index in [2.05, 4.69) is 20.6 Å². The number of anilines is 2. The highest BCUT2D eigenvalue weighted by Gasteiger charge is 2.14. The number of benzene rings is 1.